The molecule has 2 aromatic heterocycles. The number of ether oxygens (including phenoxy) is 1. The second kappa shape index (κ2) is 4.52. The highest BCUT2D eigenvalue weighted by molar-refractivity contribution is 5.71. The van der Waals surface area contributed by atoms with Crippen molar-refractivity contribution in [2.75, 3.05) is 13.0 Å². The summed E-state index contributed by atoms with van der Waals surface area (Å²) in [6, 6.07) is 1.24. The normalized spacial score (nSPS) is 10.6. The van der Waals surface area contributed by atoms with Gasteiger partial charge >= 0.3 is 5.97 Å². The lowest BCUT2D eigenvalue weighted by Crippen LogP contribution is -2.38. The summed E-state index contributed by atoms with van der Waals surface area (Å²) >= 11 is 0. The van der Waals surface area contributed by atoms with Gasteiger partial charge in [-0.2, -0.15) is 14.3 Å². The number of hydrogen-bond acceptors (Lipinski definition) is 7. The molecule has 0 spiro atoms. The Balaban J connectivity index is 2.77. The summed E-state index contributed by atoms with van der Waals surface area (Å²) in [5.41, 5.74) is -0.976. The molecule has 0 saturated carbocycles. The predicted molar refractivity (Wildman–Crippen MR) is 64.1 cm³/mol. The molecule has 0 bridgehead atoms. The molecular weight excluding hydrogens is 254 g/mol. The number of rotatable bonds is 2. The van der Waals surface area contributed by atoms with Crippen molar-refractivity contribution in [1.82, 2.24) is 19.3 Å². The van der Waals surface area contributed by atoms with E-state index in [4.69, 9.17) is 5.84 Å². The smallest absolute Gasteiger partial charge is 0.311 e. The standard InChI is InChI=1S/C10H11N5O4/c1-5-3-7(16)15-10(12-5)14(11)9(18)6(13-15)4-8(17)19-2/h3H,4,11H2,1-2H3. The summed E-state index contributed by atoms with van der Waals surface area (Å²) in [5, 5.41) is 3.79. The summed E-state index contributed by atoms with van der Waals surface area (Å²) in [4.78, 5) is 38.7. The first-order chi connectivity index (χ1) is 8.93. The Morgan fingerprint density at radius 3 is 2.79 bits per heavy atom. The average Bonchev–Trinajstić information content (AvgIpc) is 2.36. The number of carbonyl (C=O) groups is 1. The molecule has 9 nitrogen and oxygen atoms in total. The molecule has 2 N–H and O–H groups in total. The minimum atomic E-state index is -0.706. The molecule has 2 aromatic rings. The molecule has 0 radical (unpaired) electrons. The molecular formula is C10H11N5O4. The van der Waals surface area contributed by atoms with Gasteiger partial charge in [0.05, 0.1) is 13.5 Å². The van der Waals surface area contributed by atoms with Crippen molar-refractivity contribution in [3.8, 4) is 0 Å². The van der Waals surface area contributed by atoms with Crippen LogP contribution in [0.25, 0.3) is 5.78 Å². The van der Waals surface area contributed by atoms with Crippen LogP contribution in [-0.4, -0.2) is 32.4 Å². The van der Waals surface area contributed by atoms with Gasteiger partial charge < -0.3 is 10.6 Å². The van der Waals surface area contributed by atoms with Crippen molar-refractivity contribution >= 4 is 11.7 Å². The third-order valence-electron chi connectivity index (χ3n) is 2.45. The Morgan fingerprint density at radius 1 is 1.47 bits per heavy atom. The first-order valence-electron chi connectivity index (χ1n) is 5.28. The SMILES string of the molecule is COC(=O)Cc1nn2c(=O)cc(C)nc2n(N)c1=O. The van der Waals surface area contributed by atoms with E-state index in [0.29, 0.717) is 10.4 Å². The third kappa shape index (κ3) is 2.17. The van der Waals surface area contributed by atoms with Gasteiger partial charge in [-0.25, -0.2) is 4.98 Å². The van der Waals surface area contributed by atoms with E-state index in [2.05, 4.69) is 14.8 Å². The topological polar surface area (TPSA) is 122 Å². The van der Waals surface area contributed by atoms with Crippen molar-refractivity contribution < 1.29 is 9.53 Å². The average molecular weight is 265 g/mol. The molecule has 2 rings (SSSR count). The maximum Gasteiger partial charge on any atom is 0.311 e. The zero-order valence-corrected chi connectivity index (χ0v) is 10.3. The number of nitrogen functional groups attached to an aromatic ring is 1. The lowest BCUT2D eigenvalue weighted by Gasteiger charge is -2.07. The molecule has 2 heterocycles. The molecule has 100 valence electrons. The number of aromatic nitrogens is 4. The van der Waals surface area contributed by atoms with E-state index < -0.39 is 17.1 Å². The van der Waals surface area contributed by atoms with E-state index >= 15 is 0 Å². The maximum absolute atomic E-state index is 11.9. The third-order valence-corrected chi connectivity index (χ3v) is 2.45. The number of carbonyl (C=O) groups excluding carboxylic acids is 1. The van der Waals surface area contributed by atoms with Crippen LogP contribution in [-0.2, 0) is 16.0 Å². The van der Waals surface area contributed by atoms with Crippen LogP contribution < -0.4 is 17.0 Å². The Bertz CT molecular complexity index is 776. The van der Waals surface area contributed by atoms with Crippen LogP contribution in [0.3, 0.4) is 0 Å². The van der Waals surface area contributed by atoms with Crippen LogP contribution in [0.15, 0.2) is 15.7 Å². The first-order valence-corrected chi connectivity index (χ1v) is 5.28. The molecule has 0 aliphatic heterocycles. The highest BCUT2D eigenvalue weighted by Crippen LogP contribution is 1.95. The second-order valence-electron chi connectivity index (χ2n) is 3.82. The van der Waals surface area contributed by atoms with E-state index in [-0.39, 0.29) is 17.9 Å². The zero-order chi connectivity index (χ0) is 14.2. The van der Waals surface area contributed by atoms with Crippen LogP contribution in [0.5, 0.6) is 0 Å². The van der Waals surface area contributed by atoms with Gasteiger partial charge in [0.25, 0.3) is 16.9 Å². The van der Waals surface area contributed by atoms with Crippen LogP contribution in [0.1, 0.15) is 11.4 Å². The lowest BCUT2D eigenvalue weighted by molar-refractivity contribution is -0.139. The number of nitrogens with zero attached hydrogens (tertiary/aromatic N) is 4. The Hall–Kier alpha value is -2.71. The summed E-state index contributed by atoms with van der Waals surface area (Å²) in [6.07, 6.45) is -0.372. The van der Waals surface area contributed by atoms with Gasteiger partial charge in [-0.3, -0.25) is 14.4 Å². The molecule has 19 heavy (non-hydrogen) atoms. The van der Waals surface area contributed by atoms with E-state index in [1.165, 1.54) is 13.2 Å². The molecule has 0 unspecified atom stereocenters. The molecule has 0 atom stereocenters. The van der Waals surface area contributed by atoms with E-state index in [0.717, 1.165) is 4.52 Å². The Kier molecular flexibility index (Phi) is 3.03. The van der Waals surface area contributed by atoms with Crippen LogP contribution in [0.2, 0.25) is 0 Å². The van der Waals surface area contributed by atoms with E-state index in [1.54, 1.807) is 6.92 Å². The van der Waals surface area contributed by atoms with Crippen molar-refractivity contribution in [3.63, 3.8) is 0 Å². The number of hydrogen-bond donors (Lipinski definition) is 1. The zero-order valence-electron chi connectivity index (χ0n) is 10.3. The first kappa shape index (κ1) is 12.7. The summed E-state index contributed by atoms with van der Waals surface area (Å²) < 4.78 is 5.99. The lowest BCUT2D eigenvalue weighted by atomic mass is 10.3. The van der Waals surface area contributed by atoms with Gasteiger partial charge in [-0.1, -0.05) is 0 Å². The summed E-state index contributed by atoms with van der Waals surface area (Å²) in [6.45, 7) is 1.59. The van der Waals surface area contributed by atoms with Gasteiger partial charge in [0.2, 0.25) is 0 Å². The number of fused-ring (bicyclic) bond motifs is 1. The fraction of sp³-hybridized carbons (Fsp3) is 0.300. The van der Waals surface area contributed by atoms with Gasteiger partial charge in [0.15, 0.2) is 0 Å². The largest absolute Gasteiger partial charge is 0.469 e. The minimum Gasteiger partial charge on any atom is -0.469 e. The summed E-state index contributed by atoms with van der Waals surface area (Å²) in [5.74, 6) is 4.81. The fourth-order valence-electron chi connectivity index (χ4n) is 1.54. The van der Waals surface area contributed by atoms with Crippen molar-refractivity contribution in [2.24, 2.45) is 0 Å². The second-order valence-corrected chi connectivity index (χ2v) is 3.82. The number of aryl methyl sites for hydroxylation is 1. The monoisotopic (exact) mass is 265 g/mol. The molecule has 9 heteroatoms. The quantitative estimate of drug-likeness (QED) is 0.491. The van der Waals surface area contributed by atoms with E-state index in [1.807, 2.05) is 0 Å². The summed E-state index contributed by atoms with van der Waals surface area (Å²) in [7, 11) is 1.18. The van der Waals surface area contributed by atoms with Gasteiger partial charge in [0.1, 0.15) is 5.69 Å². The van der Waals surface area contributed by atoms with Crippen LogP contribution >= 0.6 is 0 Å². The Labute approximate surface area is 106 Å². The van der Waals surface area contributed by atoms with Gasteiger partial charge in [0, 0.05) is 11.8 Å². The highest BCUT2D eigenvalue weighted by atomic mass is 16.5. The maximum atomic E-state index is 11.9. The predicted octanol–water partition coefficient (Wildman–Crippen LogP) is -2.01. The highest BCUT2D eigenvalue weighted by Gasteiger charge is 2.15. The van der Waals surface area contributed by atoms with Crippen LogP contribution in [0.4, 0.5) is 0 Å². The molecule has 0 amide bonds. The van der Waals surface area contributed by atoms with Gasteiger partial charge in [-0.05, 0) is 6.92 Å². The number of nitrogens with two attached hydrogens (primary N) is 1. The van der Waals surface area contributed by atoms with Gasteiger partial charge in [-0.15, -0.1) is 0 Å². The molecule has 0 aromatic carbocycles. The molecule has 0 saturated heterocycles. The number of methoxy groups -OCH3 is 1. The van der Waals surface area contributed by atoms with Crippen molar-refractivity contribution in [3.05, 3.63) is 38.2 Å². The number of esters is 1. The molecule has 0 aliphatic carbocycles. The molecule has 0 fully saturated rings. The Morgan fingerprint density at radius 2 is 2.16 bits per heavy atom. The van der Waals surface area contributed by atoms with Crippen molar-refractivity contribution in [2.45, 2.75) is 13.3 Å². The minimum absolute atomic E-state index is 0.0939. The molecule has 0 aliphatic rings. The fourth-order valence-corrected chi connectivity index (χ4v) is 1.54. The van der Waals surface area contributed by atoms with Crippen LogP contribution in [0, 0.1) is 6.92 Å². The van der Waals surface area contributed by atoms with Crippen molar-refractivity contribution in [1.29, 1.82) is 0 Å². The van der Waals surface area contributed by atoms with E-state index in [9.17, 15) is 14.4 Å².